The Balaban J connectivity index is 2.04. The van der Waals surface area contributed by atoms with E-state index < -0.39 is 0 Å². The topological polar surface area (TPSA) is 64.9 Å². The summed E-state index contributed by atoms with van der Waals surface area (Å²) >= 11 is 0. The van der Waals surface area contributed by atoms with Gasteiger partial charge in [0.25, 0.3) is 0 Å². The van der Waals surface area contributed by atoms with E-state index in [4.69, 9.17) is 10.2 Å². The van der Waals surface area contributed by atoms with Crippen molar-refractivity contribution in [2.24, 2.45) is 5.73 Å². The monoisotopic (exact) mass is 181 g/mol. The van der Waals surface area contributed by atoms with Gasteiger partial charge in [-0.3, -0.25) is 0 Å². The molecule has 0 unspecified atom stereocenters. The standard InChI is InChI=1S/C9H15N3O/c1-9(2,10)5-7-11-12-8(13-7)6-3-4-6/h6H,3-5,10H2,1-2H3. The molecule has 1 heterocycles. The summed E-state index contributed by atoms with van der Waals surface area (Å²) in [5.41, 5.74) is 5.57. The van der Waals surface area contributed by atoms with Crippen LogP contribution >= 0.6 is 0 Å². The maximum atomic E-state index is 5.84. The SMILES string of the molecule is CC(C)(N)Cc1nnc(C2CC2)o1. The fourth-order valence-electron chi connectivity index (χ4n) is 1.22. The van der Waals surface area contributed by atoms with Crippen LogP contribution in [0, 0.1) is 0 Å². The zero-order chi connectivity index (χ0) is 9.47. The van der Waals surface area contributed by atoms with Gasteiger partial charge < -0.3 is 10.2 Å². The van der Waals surface area contributed by atoms with E-state index in [1.54, 1.807) is 0 Å². The molecule has 0 bridgehead atoms. The van der Waals surface area contributed by atoms with E-state index in [9.17, 15) is 0 Å². The van der Waals surface area contributed by atoms with Crippen LogP contribution in [0.1, 0.15) is 44.4 Å². The van der Waals surface area contributed by atoms with Crippen LogP contribution in [0.3, 0.4) is 0 Å². The second kappa shape index (κ2) is 2.80. The van der Waals surface area contributed by atoms with Crippen molar-refractivity contribution in [3.63, 3.8) is 0 Å². The molecule has 1 aliphatic carbocycles. The van der Waals surface area contributed by atoms with Crippen molar-refractivity contribution >= 4 is 0 Å². The summed E-state index contributed by atoms with van der Waals surface area (Å²) < 4.78 is 5.48. The molecule has 2 rings (SSSR count). The van der Waals surface area contributed by atoms with E-state index in [2.05, 4.69) is 10.2 Å². The van der Waals surface area contributed by atoms with Crippen molar-refractivity contribution in [3.05, 3.63) is 11.8 Å². The van der Waals surface area contributed by atoms with Gasteiger partial charge in [-0.1, -0.05) is 0 Å². The molecule has 2 N–H and O–H groups in total. The highest BCUT2D eigenvalue weighted by atomic mass is 16.4. The van der Waals surface area contributed by atoms with Crippen LogP contribution in [0.15, 0.2) is 4.42 Å². The molecule has 1 fully saturated rings. The lowest BCUT2D eigenvalue weighted by atomic mass is 10.0. The molecule has 4 heteroatoms. The number of nitrogens with zero attached hydrogens (tertiary/aromatic N) is 2. The van der Waals surface area contributed by atoms with Gasteiger partial charge in [0.05, 0.1) is 0 Å². The maximum absolute atomic E-state index is 5.84. The third-order valence-electron chi connectivity index (χ3n) is 2.02. The quantitative estimate of drug-likeness (QED) is 0.761. The van der Waals surface area contributed by atoms with Crippen molar-refractivity contribution in [2.75, 3.05) is 0 Å². The molecule has 0 aliphatic heterocycles. The molecule has 4 nitrogen and oxygen atoms in total. The summed E-state index contributed by atoms with van der Waals surface area (Å²) in [5.74, 6) is 1.98. The third kappa shape index (κ3) is 2.28. The smallest absolute Gasteiger partial charge is 0.219 e. The second-order valence-electron chi connectivity index (χ2n) is 4.47. The first-order chi connectivity index (χ1) is 6.04. The van der Waals surface area contributed by atoms with Gasteiger partial charge in [-0.2, -0.15) is 0 Å². The third-order valence-corrected chi connectivity index (χ3v) is 2.02. The Morgan fingerprint density at radius 1 is 1.46 bits per heavy atom. The average Bonchev–Trinajstić information content (AvgIpc) is 2.72. The fraction of sp³-hybridized carbons (Fsp3) is 0.778. The normalized spacial score (nSPS) is 17.8. The van der Waals surface area contributed by atoms with Gasteiger partial charge in [0.1, 0.15) is 0 Å². The van der Waals surface area contributed by atoms with E-state index in [1.807, 2.05) is 13.8 Å². The molecule has 13 heavy (non-hydrogen) atoms. The number of hydrogen-bond acceptors (Lipinski definition) is 4. The van der Waals surface area contributed by atoms with Gasteiger partial charge in [-0.05, 0) is 26.7 Å². The molecule has 1 aromatic rings. The molecule has 0 saturated heterocycles. The number of hydrogen-bond donors (Lipinski definition) is 1. The maximum Gasteiger partial charge on any atom is 0.219 e. The van der Waals surface area contributed by atoms with Gasteiger partial charge in [0.15, 0.2) is 0 Å². The lowest BCUT2D eigenvalue weighted by molar-refractivity contribution is 0.399. The Kier molecular flexibility index (Phi) is 1.87. The van der Waals surface area contributed by atoms with Gasteiger partial charge >= 0.3 is 0 Å². The molecule has 1 saturated carbocycles. The molecule has 0 radical (unpaired) electrons. The molecule has 1 aliphatic rings. The van der Waals surface area contributed by atoms with Crippen LogP contribution in [0.2, 0.25) is 0 Å². The molecule has 0 atom stereocenters. The summed E-state index contributed by atoms with van der Waals surface area (Å²) in [6.45, 7) is 3.90. The highest BCUT2D eigenvalue weighted by molar-refractivity contribution is 5.01. The number of aromatic nitrogens is 2. The molecule has 72 valence electrons. The Morgan fingerprint density at radius 3 is 2.69 bits per heavy atom. The molecule has 0 aromatic carbocycles. The summed E-state index contributed by atoms with van der Waals surface area (Å²) in [4.78, 5) is 0. The molecular weight excluding hydrogens is 166 g/mol. The van der Waals surface area contributed by atoms with E-state index in [0.717, 1.165) is 5.89 Å². The predicted molar refractivity (Wildman–Crippen MR) is 48.2 cm³/mol. The minimum atomic E-state index is -0.270. The first-order valence-electron chi connectivity index (χ1n) is 4.66. The Bertz CT molecular complexity index is 296. The number of rotatable bonds is 3. The van der Waals surface area contributed by atoms with Gasteiger partial charge in [-0.25, -0.2) is 0 Å². The lowest BCUT2D eigenvalue weighted by Gasteiger charge is -2.14. The van der Waals surface area contributed by atoms with Gasteiger partial charge in [-0.15, -0.1) is 10.2 Å². The van der Waals surface area contributed by atoms with Crippen LogP contribution in [-0.2, 0) is 6.42 Å². The Hall–Kier alpha value is -0.900. The van der Waals surface area contributed by atoms with Crippen molar-refractivity contribution < 1.29 is 4.42 Å². The van der Waals surface area contributed by atoms with E-state index in [1.165, 1.54) is 12.8 Å². The lowest BCUT2D eigenvalue weighted by Crippen LogP contribution is -2.34. The van der Waals surface area contributed by atoms with Crippen LogP contribution in [0.25, 0.3) is 0 Å². The van der Waals surface area contributed by atoms with Crippen molar-refractivity contribution in [1.82, 2.24) is 10.2 Å². The van der Waals surface area contributed by atoms with Crippen molar-refractivity contribution in [1.29, 1.82) is 0 Å². The van der Waals surface area contributed by atoms with Crippen LogP contribution < -0.4 is 5.73 Å². The zero-order valence-electron chi connectivity index (χ0n) is 8.08. The predicted octanol–water partition coefficient (Wildman–Crippen LogP) is 1.23. The first-order valence-corrected chi connectivity index (χ1v) is 4.66. The van der Waals surface area contributed by atoms with E-state index >= 15 is 0 Å². The molecular formula is C9H15N3O. The molecule has 0 spiro atoms. The van der Waals surface area contributed by atoms with Gasteiger partial charge in [0, 0.05) is 17.9 Å². The minimum Gasteiger partial charge on any atom is -0.425 e. The Morgan fingerprint density at radius 2 is 2.15 bits per heavy atom. The average molecular weight is 181 g/mol. The van der Waals surface area contributed by atoms with Gasteiger partial charge in [0.2, 0.25) is 11.8 Å². The molecule has 1 aromatic heterocycles. The first kappa shape index (κ1) is 8.69. The summed E-state index contributed by atoms with van der Waals surface area (Å²) in [6.07, 6.45) is 3.02. The minimum absolute atomic E-state index is 0.270. The van der Waals surface area contributed by atoms with Crippen molar-refractivity contribution in [2.45, 2.75) is 44.6 Å². The second-order valence-corrected chi connectivity index (χ2v) is 4.47. The Labute approximate surface area is 77.5 Å². The van der Waals surface area contributed by atoms with Crippen LogP contribution in [-0.4, -0.2) is 15.7 Å². The summed E-state index contributed by atoms with van der Waals surface area (Å²) in [7, 11) is 0. The number of nitrogens with two attached hydrogens (primary N) is 1. The van der Waals surface area contributed by atoms with E-state index in [0.29, 0.717) is 18.2 Å². The largest absolute Gasteiger partial charge is 0.425 e. The fourth-order valence-corrected chi connectivity index (χ4v) is 1.22. The highest BCUT2D eigenvalue weighted by Gasteiger charge is 2.29. The highest BCUT2D eigenvalue weighted by Crippen LogP contribution is 2.39. The van der Waals surface area contributed by atoms with Crippen LogP contribution in [0.5, 0.6) is 0 Å². The van der Waals surface area contributed by atoms with Crippen LogP contribution in [0.4, 0.5) is 0 Å². The summed E-state index contributed by atoms with van der Waals surface area (Å²) in [6, 6.07) is 0. The summed E-state index contributed by atoms with van der Waals surface area (Å²) in [5, 5.41) is 7.96. The van der Waals surface area contributed by atoms with Crippen molar-refractivity contribution in [3.8, 4) is 0 Å². The van der Waals surface area contributed by atoms with E-state index in [-0.39, 0.29) is 5.54 Å². The molecule has 0 amide bonds. The zero-order valence-corrected chi connectivity index (χ0v) is 8.08.